The van der Waals surface area contributed by atoms with Gasteiger partial charge in [-0.1, -0.05) is 30.9 Å². The van der Waals surface area contributed by atoms with E-state index in [1.54, 1.807) is 7.11 Å². The van der Waals surface area contributed by atoms with Gasteiger partial charge in [-0.2, -0.15) is 0 Å². The summed E-state index contributed by atoms with van der Waals surface area (Å²) in [7, 11) is 1.67. The average molecular weight is 174 g/mol. The number of para-hydroxylation sites is 1. The molecule has 1 heteroatoms. The Hall–Kier alpha value is -1.42. The van der Waals surface area contributed by atoms with Crippen molar-refractivity contribution in [3.63, 3.8) is 0 Å². The van der Waals surface area contributed by atoms with Crippen molar-refractivity contribution in [3.8, 4) is 17.6 Å². The Morgan fingerprint density at radius 3 is 2.77 bits per heavy atom. The summed E-state index contributed by atoms with van der Waals surface area (Å²) in [5, 5.41) is 0. The van der Waals surface area contributed by atoms with Gasteiger partial charge in [-0.05, 0) is 18.6 Å². The summed E-state index contributed by atoms with van der Waals surface area (Å²) in [4.78, 5) is 0. The van der Waals surface area contributed by atoms with Crippen molar-refractivity contribution in [2.45, 2.75) is 19.8 Å². The highest BCUT2D eigenvalue weighted by Crippen LogP contribution is 2.15. The van der Waals surface area contributed by atoms with E-state index >= 15 is 0 Å². The maximum atomic E-state index is 5.17. The largest absolute Gasteiger partial charge is 0.495 e. The fraction of sp³-hybridized carbons (Fsp3) is 0.333. The van der Waals surface area contributed by atoms with Crippen molar-refractivity contribution in [2.24, 2.45) is 0 Å². The van der Waals surface area contributed by atoms with Crippen molar-refractivity contribution in [3.05, 3.63) is 29.8 Å². The SMILES string of the molecule is CCCC#Cc1ccccc1OC. The molecule has 0 saturated heterocycles. The van der Waals surface area contributed by atoms with Crippen LogP contribution in [0.5, 0.6) is 5.75 Å². The molecule has 1 rings (SSSR count). The van der Waals surface area contributed by atoms with Crippen LogP contribution in [0.2, 0.25) is 0 Å². The first kappa shape index (κ1) is 9.67. The highest BCUT2D eigenvalue weighted by molar-refractivity contribution is 5.45. The number of unbranched alkanes of at least 4 members (excludes halogenated alkanes) is 1. The predicted molar refractivity (Wildman–Crippen MR) is 54.8 cm³/mol. The Balaban J connectivity index is 2.82. The van der Waals surface area contributed by atoms with Gasteiger partial charge < -0.3 is 4.74 Å². The van der Waals surface area contributed by atoms with E-state index in [1.165, 1.54) is 0 Å². The van der Waals surface area contributed by atoms with E-state index in [-0.39, 0.29) is 0 Å². The highest BCUT2D eigenvalue weighted by atomic mass is 16.5. The van der Waals surface area contributed by atoms with Crippen molar-refractivity contribution in [1.29, 1.82) is 0 Å². The molecule has 0 aliphatic rings. The molecule has 0 radical (unpaired) electrons. The van der Waals surface area contributed by atoms with Gasteiger partial charge in [0.05, 0.1) is 12.7 Å². The van der Waals surface area contributed by atoms with Crippen molar-refractivity contribution >= 4 is 0 Å². The Kier molecular flexibility index (Phi) is 3.92. The second kappa shape index (κ2) is 5.27. The molecule has 0 fully saturated rings. The van der Waals surface area contributed by atoms with Gasteiger partial charge in [0.15, 0.2) is 0 Å². The molecule has 0 aliphatic carbocycles. The molecule has 1 aromatic rings. The first-order valence-corrected chi connectivity index (χ1v) is 4.50. The number of hydrogen-bond acceptors (Lipinski definition) is 1. The summed E-state index contributed by atoms with van der Waals surface area (Å²) >= 11 is 0. The Bertz CT molecular complexity index is 317. The van der Waals surface area contributed by atoms with Crippen LogP contribution in [0.25, 0.3) is 0 Å². The van der Waals surface area contributed by atoms with Gasteiger partial charge >= 0.3 is 0 Å². The van der Waals surface area contributed by atoms with Gasteiger partial charge in [-0.3, -0.25) is 0 Å². The Morgan fingerprint density at radius 1 is 1.31 bits per heavy atom. The van der Waals surface area contributed by atoms with E-state index in [9.17, 15) is 0 Å². The summed E-state index contributed by atoms with van der Waals surface area (Å²) in [5.41, 5.74) is 0.971. The maximum Gasteiger partial charge on any atom is 0.134 e. The lowest BCUT2D eigenvalue weighted by Gasteiger charge is -2.00. The van der Waals surface area contributed by atoms with Crippen LogP contribution in [-0.4, -0.2) is 7.11 Å². The van der Waals surface area contributed by atoms with Crippen molar-refractivity contribution < 1.29 is 4.74 Å². The van der Waals surface area contributed by atoms with Crippen LogP contribution in [-0.2, 0) is 0 Å². The number of methoxy groups -OCH3 is 1. The van der Waals surface area contributed by atoms with Gasteiger partial charge in [-0.15, -0.1) is 0 Å². The quantitative estimate of drug-likeness (QED) is 0.626. The van der Waals surface area contributed by atoms with E-state index in [0.29, 0.717) is 0 Å². The molecule has 13 heavy (non-hydrogen) atoms. The van der Waals surface area contributed by atoms with E-state index in [2.05, 4.69) is 18.8 Å². The van der Waals surface area contributed by atoms with E-state index in [4.69, 9.17) is 4.74 Å². The summed E-state index contributed by atoms with van der Waals surface area (Å²) in [6.45, 7) is 2.12. The molecular formula is C12H14O. The van der Waals surface area contributed by atoms with Gasteiger partial charge in [0.25, 0.3) is 0 Å². The average Bonchev–Trinajstić information content (AvgIpc) is 2.19. The minimum absolute atomic E-state index is 0.853. The first-order valence-electron chi connectivity index (χ1n) is 4.50. The van der Waals surface area contributed by atoms with Gasteiger partial charge in [0.2, 0.25) is 0 Å². The third-order valence-electron chi connectivity index (χ3n) is 1.71. The Morgan fingerprint density at radius 2 is 2.08 bits per heavy atom. The van der Waals surface area contributed by atoms with Gasteiger partial charge in [0.1, 0.15) is 5.75 Å². The second-order valence-corrected chi connectivity index (χ2v) is 2.75. The van der Waals surface area contributed by atoms with Crippen LogP contribution in [0.1, 0.15) is 25.3 Å². The minimum atomic E-state index is 0.853. The molecule has 0 unspecified atom stereocenters. The number of benzene rings is 1. The van der Waals surface area contributed by atoms with E-state index in [1.807, 2.05) is 24.3 Å². The highest BCUT2D eigenvalue weighted by Gasteiger charge is 1.95. The summed E-state index contributed by atoms with van der Waals surface area (Å²) in [6, 6.07) is 7.82. The smallest absolute Gasteiger partial charge is 0.134 e. The normalized spacial score (nSPS) is 8.77. The standard InChI is InChI=1S/C12H14O/c1-3-4-5-8-11-9-6-7-10-12(11)13-2/h6-7,9-10H,3-4H2,1-2H3. The second-order valence-electron chi connectivity index (χ2n) is 2.75. The van der Waals surface area contributed by atoms with E-state index in [0.717, 1.165) is 24.2 Å². The lowest BCUT2D eigenvalue weighted by Crippen LogP contribution is -1.86. The van der Waals surface area contributed by atoms with Gasteiger partial charge in [0, 0.05) is 6.42 Å². The molecule has 1 nitrogen and oxygen atoms in total. The number of rotatable bonds is 2. The molecule has 0 heterocycles. The Labute approximate surface area is 79.7 Å². The number of hydrogen-bond donors (Lipinski definition) is 0. The minimum Gasteiger partial charge on any atom is -0.495 e. The molecule has 1 aromatic carbocycles. The third kappa shape index (κ3) is 2.83. The fourth-order valence-electron chi connectivity index (χ4n) is 1.03. The topological polar surface area (TPSA) is 9.23 Å². The summed E-state index contributed by atoms with van der Waals surface area (Å²) in [5.74, 6) is 7.04. The maximum absolute atomic E-state index is 5.17. The summed E-state index contributed by atoms with van der Waals surface area (Å²) < 4.78 is 5.17. The van der Waals surface area contributed by atoms with E-state index < -0.39 is 0 Å². The molecule has 0 spiro atoms. The van der Waals surface area contributed by atoms with Crippen molar-refractivity contribution in [2.75, 3.05) is 7.11 Å². The zero-order chi connectivity index (χ0) is 9.52. The van der Waals surface area contributed by atoms with Crippen LogP contribution >= 0.6 is 0 Å². The lowest BCUT2D eigenvalue weighted by atomic mass is 10.2. The first-order chi connectivity index (χ1) is 6.38. The van der Waals surface area contributed by atoms with Crippen LogP contribution in [0, 0.1) is 11.8 Å². The molecule has 0 aromatic heterocycles. The molecule has 0 atom stereocenters. The van der Waals surface area contributed by atoms with Crippen LogP contribution < -0.4 is 4.74 Å². The monoisotopic (exact) mass is 174 g/mol. The van der Waals surface area contributed by atoms with Crippen LogP contribution in [0.15, 0.2) is 24.3 Å². The number of ether oxygens (including phenoxy) is 1. The summed E-state index contributed by atoms with van der Waals surface area (Å²) in [6.07, 6.45) is 2.04. The molecular weight excluding hydrogens is 160 g/mol. The third-order valence-corrected chi connectivity index (χ3v) is 1.71. The lowest BCUT2D eigenvalue weighted by molar-refractivity contribution is 0.413. The van der Waals surface area contributed by atoms with Crippen LogP contribution in [0.3, 0.4) is 0 Å². The zero-order valence-corrected chi connectivity index (χ0v) is 8.13. The van der Waals surface area contributed by atoms with Gasteiger partial charge in [-0.25, -0.2) is 0 Å². The molecule has 0 amide bonds. The zero-order valence-electron chi connectivity index (χ0n) is 8.13. The molecule has 68 valence electrons. The molecule has 0 aliphatic heterocycles. The molecule has 0 saturated carbocycles. The molecule has 0 bridgehead atoms. The van der Waals surface area contributed by atoms with Crippen LogP contribution in [0.4, 0.5) is 0 Å². The van der Waals surface area contributed by atoms with Crippen molar-refractivity contribution in [1.82, 2.24) is 0 Å². The fourth-order valence-corrected chi connectivity index (χ4v) is 1.03. The molecule has 0 N–H and O–H groups in total. The predicted octanol–water partition coefficient (Wildman–Crippen LogP) is 2.85.